The summed E-state index contributed by atoms with van der Waals surface area (Å²) in [7, 11) is 0. The number of carbonyl (C=O) groups is 2. The van der Waals surface area contributed by atoms with Crippen molar-refractivity contribution in [1.82, 2.24) is 9.80 Å². The van der Waals surface area contributed by atoms with Crippen molar-refractivity contribution in [2.75, 3.05) is 39.5 Å². The van der Waals surface area contributed by atoms with E-state index in [0.717, 1.165) is 0 Å². The second-order valence-corrected chi connectivity index (χ2v) is 8.22. The smallest absolute Gasteiger partial charge is 0.254 e. The van der Waals surface area contributed by atoms with Crippen molar-refractivity contribution in [2.24, 2.45) is 0 Å². The van der Waals surface area contributed by atoms with E-state index in [0.29, 0.717) is 50.6 Å². The molecule has 6 nitrogen and oxygen atoms in total. The third kappa shape index (κ3) is 3.62. The van der Waals surface area contributed by atoms with E-state index in [9.17, 15) is 9.59 Å². The molecule has 0 spiro atoms. The zero-order chi connectivity index (χ0) is 18.9. The average Bonchev–Trinajstić information content (AvgIpc) is 2.60. The maximum Gasteiger partial charge on any atom is 0.254 e. The van der Waals surface area contributed by atoms with Crippen molar-refractivity contribution in [2.45, 2.75) is 38.8 Å². The van der Waals surface area contributed by atoms with Crippen molar-refractivity contribution in [3.63, 3.8) is 0 Å². The number of ether oxygens (including phenoxy) is 2. The van der Waals surface area contributed by atoms with E-state index in [1.807, 2.05) is 37.5 Å². The molecule has 1 aromatic rings. The van der Waals surface area contributed by atoms with Crippen molar-refractivity contribution in [1.29, 1.82) is 0 Å². The number of rotatable bonds is 2. The summed E-state index contributed by atoms with van der Waals surface area (Å²) in [5.41, 5.74) is 0.358. The van der Waals surface area contributed by atoms with E-state index in [2.05, 4.69) is 0 Å². The lowest BCUT2D eigenvalue weighted by Crippen LogP contribution is -2.56. The number of hydrogen-bond acceptors (Lipinski definition) is 4. The molecule has 0 aliphatic carbocycles. The van der Waals surface area contributed by atoms with Gasteiger partial charge in [0, 0.05) is 24.2 Å². The molecule has 142 valence electrons. The second kappa shape index (κ2) is 7.00. The number of benzene rings is 1. The quantitative estimate of drug-likeness (QED) is 0.811. The molecule has 2 fully saturated rings. The molecule has 2 amide bonds. The minimum atomic E-state index is -0.360. The zero-order valence-corrected chi connectivity index (χ0v) is 16.1. The number of hydrogen-bond donors (Lipinski definition) is 0. The summed E-state index contributed by atoms with van der Waals surface area (Å²) in [5.74, 6) is -0.122. The molecule has 0 unspecified atom stereocenters. The summed E-state index contributed by atoms with van der Waals surface area (Å²) < 4.78 is 11.0. The van der Waals surface area contributed by atoms with Gasteiger partial charge in [0.05, 0.1) is 37.5 Å². The monoisotopic (exact) mass is 360 g/mol. The molecule has 2 saturated heterocycles. The lowest BCUT2D eigenvalue weighted by Gasteiger charge is -2.42. The molecule has 3 rings (SSSR count). The van der Waals surface area contributed by atoms with Crippen molar-refractivity contribution >= 4 is 11.8 Å². The van der Waals surface area contributed by atoms with E-state index in [1.165, 1.54) is 0 Å². The maximum atomic E-state index is 13.0. The molecule has 0 radical (unpaired) electrons. The van der Waals surface area contributed by atoms with Crippen LogP contribution in [0.2, 0.25) is 0 Å². The van der Waals surface area contributed by atoms with Crippen LogP contribution in [-0.2, 0) is 9.47 Å². The van der Waals surface area contributed by atoms with E-state index in [1.54, 1.807) is 24.3 Å². The van der Waals surface area contributed by atoms with Crippen LogP contribution in [-0.4, -0.2) is 72.2 Å². The lowest BCUT2D eigenvalue weighted by atomic mass is 9.98. The predicted octanol–water partition coefficient (Wildman–Crippen LogP) is 2.19. The van der Waals surface area contributed by atoms with Crippen molar-refractivity contribution < 1.29 is 19.1 Å². The van der Waals surface area contributed by atoms with Gasteiger partial charge in [0.1, 0.15) is 0 Å². The Bertz CT molecular complexity index is 644. The van der Waals surface area contributed by atoms with Crippen LogP contribution >= 0.6 is 0 Å². The minimum Gasteiger partial charge on any atom is -0.377 e. The van der Waals surface area contributed by atoms with Gasteiger partial charge in [-0.2, -0.15) is 0 Å². The lowest BCUT2D eigenvalue weighted by molar-refractivity contribution is -0.0373. The normalized spacial score (nSPS) is 22.2. The van der Waals surface area contributed by atoms with Gasteiger partial charge < -0.3 is 19.3 Å². The van der Waals surface area contributed by atoms with Gasteiger partial charge in [0.15, 0.2) is 0 Å². The van der Waals surface area contributed by atoms with Gasteiger partial charge in [-0.05, 0) is 45.9 Å². The fourth-order valence-corrected chi connectivity index (χ4v) is 3.57. The highest BCUT2D eigenvalue weighted by molar-refractivity contribution is 6.00. The van der Waals surface area contributed by atoms with Crippen LogP contribution in [0, 0.1) is 0 Å². The predicted molar refractivity (Wildman–Crippen MR) is 98.3 cm³/mol. The van der Waals surface area contributed by atoms with Gasteiger partial charge in [0.2, 0.25) is 0 Å². The van der Waals surface area contributed by atoms with Crippen molar-refractivity contribution in [3.8, 4) is 0 Å². The van der Waals surface area contributed by atoms with E-state index in [-0.39, 0.29) is 22.9 Å². The van der Waals surface area contributed by atoms with Crippen LogP contribution in [0.25, 0.3) is 0 Å². The summed E-state index contributed by atoms with van der Waals surface area (Å²) >= 11 is 0. The largest absolute Gasteiger partial charge is 0.377 e. The molecule has 0 N–H and O–H groups in total. The topological polar surface area (TPSA) is 59.1 Å². The molecule has 0 bridgehead atoms. The zero-order valence-electron chi connectivity index (χ0n) is 16.1. The summed E-state index contributed by atoms with van der Waals surface area (Å²) in [6.07, 6.45) is 0. The first-order valence-electron chi connectivity index (χ1n) is 9.12. The molecule has 0 saturated carbocycles. The molecule has 1 aromatic carbocycles. The Balaban J connectivity index is 1.84. The molecule has 0 aromatic heterocycles. The Morgan fingerprint density at radius 2 is 1.27 bits per heavy atom. The highest BCUT2D eigenvalue weighted by Crippen LogP contribution is 2.24. The first-order chi connectivity index (χ1) is 12.2. The van der Waals surface area contributed by atoms with E-state index >= 15 is 0 Å². The van der Waals surface area contributed by atoms with Crippen LogP contribution in [0.4, 0.5) is 0 Å². The second-order valence-electron chi connectivity index (χ2n) is 8.22. The molecule has 26 heavy (non-hydrogen) atoms. The molecule has 2 aliphatic heterocycles. The minimum absolute atomic E-state index is 0.0609. The Morgan fingerprint density at radius 1 is 0.846 bits per heavy atom. The third-order valence-corrected chi connectivity index (χ3v) is 5.14. The highest BCUT2D eigenvalue weighted by atomic mass is 16.5. The Morgan fingerprint density at radius 3 is 1.65 bits per heavy atom. The highest BCUT2D eigenvalue weighted by Gasteiger charge is 2.36. The molecule has 6 heteroatoms. The van der Waals surface area contributed by atoms with E-state index < -0.39 is 0 Å². The number of carbonyl (C=O) groups excluding carboxylic acids is 2. The van der Waals surface area contributed by atoms with Gasteiger partial charge in [0.25, 0.3) is 11.8 Å². The summed E-state index contributed by atoms with van der Waals surface area (Å²) in [4.78, 5) is 29.7. The third-order valence-electron chi connectivity index (χ3n) is 5.14. The summed E-state index contributed by atoms with van der Waals surface area (Å²) in [6.45, 7) is 11.2. The van der Waals surface area contributed by atoms with Gasteiger partial charge in [-0.1, -0.05) is 6.07 Å². The van der Waals surface area contributed by atoms with E-state index in [4.69, 9.17) is 9.47 Å². The standard InChI is InChI=1S/C20H28N2O4/c1-19(2)13-25-10-8-21(19)17(23)15-6-5-7-16(12-15)18(24)22-9-11-26-14-20(22,3)4/h5-7,12H,8-11,13-14H2,1-4H3. The molecule has 0 atom stereocenters. The fraction of sp³-hybridized carbons (Fsp3) is 0.600. The first-order valence-corrected chi connectivity index (χ1v) is 9.12. The van der Waals surface area contributed by atoms with Gasteiger partial charge in [-0.15, -0.1) is 0 Å². The summed E-state index contributed by atoms with van der Waals surface area (Å²) in [6, 6.07) is 7.04. The maximum absolute atomic E-state index is 13.0. The number of nitrogens with zero attached hydrogens (tertiary/aromatic N) is 2. The number of amides is 2. The molecule has 2 heterocycles. The van der Waals surface area contributed by atoms with Crippen LogP contribution in [0.5, 0.6) is 0 Å². The first kappa shape index (κ1) is 18.9. The Labute approximate surface area is 155 Å². The summed E-state index contributed by atoms with van der Waals surface area (Å²) in [5, 5.41) is 0. The van der Waals surface area contributed by atoms with Gasteiger partial charge in [-0.25, -0.2) is 0 Å². The fourth-order valence-electron chi connectivity index (χ4n) is 3.57. The molecule has 2 aliphatic rings. The van der Waals surface area contributed by atoms with Crippen molar-refractivity contribution in [3.05, 3.63) is 35.4 Å². The SMILES string of the molecule is CC1(C)COCCN1C(=O)c1cccc(C(=O)N2CCOCC2(C)C)c1. The van der Waals surface area contributed by atoms with Crippen LogP contribution in [0.3, 0.4) is 0 Å². The van der Waals surface area contributed by atoms with Gasteiger partial charge >= 0.3 is 0 Å². The van der Waals surface area contributed by atoms with Crippen LogP contribution < -0.4 is 0 Å². The van der Waals surface area contributed by atoms with Crippen LogP contribution in [0.1, 0.15) is 48.4 Å². The van der Waals surface area contributed by atoms with Crippen LogP contribution in [0.15, 0.2) is 24.3 Å². The molecular formula is C20H28N2O4. The van der Waals surface area contributed by atoms with Gasteiger partial charge in [-0.3, -0.25) is 9.59 Å². The Kier molecular flexibility index (Phi) is 5.08. The molecular weight excluding hydrogens is 332 g/mol. The number of morpholine rings is 2. The average molecular weight is 360 g/mol. The Hall–Kier alpha value is -1.92.